The number of rotatable bonds is 1. The van der Waals surface area contributed by atoms with E-state index in [1.165, 1.54) is 6.07 Å². The van der Waals surface area contributed by atoms with Gasteiger partial charge in [-0.1, -0.05) is 12.1 Å². The maximum atomic E-state index is 12.8. The zero-order valence-corrected chi connectivity index (χ0v) is 12.2. The molecule has 0 saturated heterocycles. The summed E-state index contributed by atoms with van der Waals surface area (Å²) in [5.74, 6) is -0.120. The maximum Gasteiger partial charge on any atom is 0.416 e. The van der Waals surface area contributed by atoms with Gasteiger partial charge in [0.1, 0.15) is 5.76 Å². The molecule has 0 spiro atoms. The summed E-state index contributed by atoms with van der Waals surface area (Å²) < 4.78 is 81.1. The molecule has 0 amide bonds. The second-order valence-corrected chi connectivity index (χ2v) is 5.27. The summed E-state index contributed by atoms with van der Waals surface area (Å²) in [7, 11) is 0. The second kappa shape index (κ2) is 5.65. The minimum Gasteiger partial charge on any atom is -0.422 e. The van der Waals surface area contributed by atoms with E-state index in [1.54, 1.807) is 0 Å². The molecule has 0 unspecified atom stereocenters. The van der Waals surface area contributed by atoms with Crippen molar-refractivity contribution in [2.45, 2.75) is 12.4 Å². The van der Waals surface area contributed by atoms with Gasteiger partial charge in [-0.05, 0) is 41.8 Å². The van der Waals surface area contributed by atoms with Crippen molar-refractivity contribution in [1.29, 1.82) is 0 Å². The molecule has 0 aliphatic rings. The van der Waals surface area contributed by atoms with Crippen LogP contribution in [0.2, 0.25) is 0 Å². The van der Waals surface area contributed by atoms with Gasteiger partial charge in [0.05, 0.1) is 16.5 Å². The summed E-state index contributed by atoms with van der Waals surface area (Å²) >= 11 is 0. The summed E-state index contributed by atoms with van der Waals surface area (Å²) in [6, 6.07) is 7.50. The van der Waals surface area contributed by atoms with Crippen LogP contribution in [-0.2, 0) is 12.4 Å². The summed E-state index contributed by atoms with van der Waals surface area (Å²) in [4.78, 5) is 11.9. The molecule has 25 heavy (non-hydrogen) atoms. The summed E-state index contributed by atoms with van der Waals surface area (Å²) in [5, 5.41) is -0.0652. The first-order valence-electron chi connectivity index (χ1n) is 6.88. The van der Waals surface area contributed by atoms with Gasteiger partial charge in [-0.25, -0.2) is 4.79 Å². The minimum atomic E-state index is -4.58. The quantitative estimate of drug-likeness (QED) is 0.538. The van der Waals surface area contributed by atoms with Gasteiger partial charge in [0, 0.05) is 5.56 Å². The molecule has 0 saturated carbocycles. The lowest BCUT2D eigenvalue weighted by molar-refractivity contribution is -0.138. The first kappa shape index (κ1) is 17.1. The zero-order valence-electron chi connectivity index (χ0n) is 12.2. The third-order valence-electron chi connectivity index (χ3n) is 3.58. The minimum absolute atomic E-state index is 0.0130. The lowest BCUT2D eigenvalue weighted by atomic mass is 10.0. The Kier molecular flexibility index (Phi) is 3.85. The van der Waals surface area contributed by atoms with Gasteiger partial charge in [-0.2, -0.15) is 26.3 Å². The van der Waals surface area contributed by atoms with Crippen LogP contribution in [0.5, 0.6) is 0 Å². The molecule has 0 radical (unpaired) electrons. The van der Waals surface area contributed by atoms with Gasteiger partial charge < -0.3 is 4.42 Å². The highest BCUT2D eigenvalue weighted by atomic mass is 19.4. The van der Waals surface area contributed by atoms with Crippen molar-refractivity contribution >= 4 is 10.8 Å². The van der Waals surface area contributed by atoms with E-state index in [4.69, 9.17) is 4.42 Å². The lowest BCUT2D eigenvalue weighted by Gasteiger charge is -2.09. The van der Waals surface area contributed by atoms with Gasteiger partial charge >= 0.3 is 18.0 Å². The van der Waals surface area contributed by atoms with E-state index in [0.29, 0.717) is 0 Å². The molecular formula is C17H8F6O2. The van der Waals surface area contributed by atoms with Gasteiger partial charge in [0.15, 0.2) is 0 Å². The van der Waals surface area contributed by atoms with Crippen LogP contribution in [0, 0.1) is 0 Å². The number of halogens is 6. The average Bonchev–Trinajstić information content (AvgIpc) is 2.52. The number of alkyl halides is 6. The Bertz CT molecular complexity index is 981. The summed E-state index contributed by atoms with van der Waals surface area (Å²) in [6.07, 6.45) is -9.11. The SMILES string of the molecule is O=c1oc(-c2ccc(C(F)(F)F)cc2)cc2cc(C(F)(F)F)ccc12. The van der Waals surface area contributed by atoms with Crippen molar-refractivity contribution in [3.63, 3.8) is 0 Å². The standard InChI is InChI=1S/C17H8F6O2/c18-16(19,20)11-3-1-9(2-4-11)14-8-10-7-12(17(21,22)23)5-6-13(10)15(24)25-14/h1-8H. The fourth-order valence-electron chi connectivity index (χ4n) is 2.34. The largest absolute Gasteiger partial charge is 0.422 e. The van der Waals surface area contributed by atoms with Crippen LogP contribution in [0.4, 0.5) is 26.3 Å². The normalized spacial score (nSPS) is 12.6. The van der Waals surface area contributed by atoms with Gasteiger partial charge in [0.25, 0.3) is 0 Å². The Hall–Kier alpha value is -2.77. The average molecular weight is 358 g/mol. The molecule has 0 bridgehead atoms. The number of hydrogen-bond donors (Lipinski definition) is 0. The van der Waals surface area contributed by atoms with Crippen molar-refractivity contribution in [2.75, 3.05) is 0 Å². The number of hydrogen-bond acceptors (Lipinski definition) is 2. The van der Waals surface area contributed by atoms with Crippen molar-refractivity contribution in [2.24, 2.45) is 0 Å². The molecule has 1 aromatic heterocycles. The highest BCUT2D eigenvalue weighted by molar-refractivity contribution is 5.84. The molecule has 0 aliphatic carbocycles. The molecule has 0 fully saturated rings. The summed E-state index contributed by atoms with van der Waals surface area (Å²) in [6.45, 7) is 0. The van der Waals surface area contributed by atoms with Crippen LogP contribution in [-0.4, -0.2) is 0 Å². The van der Waals surface area contributed by atoms with Crippen LogP contribution in [0.25, 0.3) is 22.1 Å². The molecule has 130 valence electrons. The Morgan fingerprint density at radius 3 is 1.84 bits per heavy atom. The molecule has 3 rings (SSSR count). The fraction of sp³-hybridized carbons (Fsp3) is 0.118. The molecule has 0 N–H and O–H groups in total. The van der Waals surface area contributed by atoms with E-state index in [9.17, 15) is 31.1 Å². The predicted molar refractivity (Wildman–Crippen MR) is 77.9 cm³/mol. The molecular weight excluding hydrogens is 350 g/mol. The predicted octanol–water partition coefficient (Wildman–Crippen LogP) is 5.50. The monoisotopic (exact) mass is 358 g/mol. The van der Waals surface area contributed by atoms with Crippen molar-refractivity contribution < 1.29 is 30.8 Å². The van der Waals surface area contributed by atoms with E-state index < -0.39 is 29.1 Å². The molecule has 3 aromatic rings. The van der Waals surface area contributed by atoms with E-state index in [0.717, 1.165) is 42.5 Å². The van der Waals surface area contributed by atoms with Gasteiger partial charge in [-0.15, -0.1) is 0 Å². The van der Waals surface area contributed by atoms with Crippen molar-refractivity contribution in [1.82, 2.24) is 0 Å². The van der Waals surface area contributed by atoms with E-state index in [-0.39, 0.29) is 22.1 Å². The highest BCUT2D eigenvalue weighted by Crippen LogP contribution is 2.33. The lowest BCUT2D eigenvalue weighted by Crippen LogP contribution is -2.07. The third-order valence-corrected chi connectivity index (χ3v) is 3.58. The molecule has 0 aliphatic heterocycles. The molecule has 0 atom stereocenters. The van der Waals surface area contributed by atoms with Crippen LogP contribution >= 0.6 is 0 Å². The number of benzene rings is 2. The highest BCUT2D eigenvalue weighted by Gasteiger charge is 2.31. The van der Waals surface area contributed by atoms with Crippen LogP contribution in [0.15, 0.2) is 57.7 Å². The van der Waals surface area contributed by atoms with Gasteiger partial charge in [0.2, 0.25) is 0 Å². The Morgan fingerprint density at radius 1 is 0.720 bits per heavy atom. The van der Waals surface area contributed by atoms with Crippen molar-refractivity contribution in [3.05, 3.63) is 70.1 Å². The molecule has 1 heterocycles. The van der Waals surface area contributed by atoms with E-state index in [2.05, 4.69) is 0 Å². The van der Waals surface area contributed by atoms with Gasteiger partial charge in [-0.3, -0.25) is 0 Å². The van der Waals surface area contributed by atoms with Crippen LogP contribution in [0.3, 0.4) is 0 Å². The molecule has 2 nitrogen and oxygen atoms in total. The number of fused-ring (bicyclic) bond motifs is 1. The topological polar surface area (TPSA) is 30.2 Å². The zero-order chi connectivity index (χ0) is 18.4. The third kappa shape index (κ3) is 3.38. The summed E-state index contributed by atoms with van der Waals surface area (Å²) in [5.41, 5.74) is -2.56. The molecule has 2 aromatic carbocycles. The Morgan fingerprint density at radius 2 is 1.28 bits per heavy atom. The molecule has 8 heteroatoms. The van der Waals surface area contributed by atoms with E-state index >= 15 is 0 Å². The first-order chi connectivity index (χ1) is 11.6. The smallest absolute Gasteiger partial charge is 0.416 e. The Labute approximate surface area is 136 Å². The van der Waals surface area contributed by atoms with Crippen molar-refractivity contribution in [3.8, 4) is 11.3 Å². The second-order valence-electron chi connectivity index (χ2n) is 5.27. The van der Waals surface area contributed by atoms with E-state index in [1.807, 2.05) is 0 Å². The Balaban J connectivity index is 2.12. The maximum absolute atomic E-state index is 12.8. The van der Waals surface area contributed by atoms with Crippen LogP contribution < -0.4 is 5.63 Å². The first-order valence-corrected chi connectivity index (χ1v) is 6.88. The van der Waals surface area contributed by atoms with Crippen LogP contribution in [0.1, 0.15) is 11.1 Å². The fourth-order valence-corrected chi connectivity index (χ4v) is 2.34.